The highest BCUT2D eigenvalue weighted by Crippen LogP contribution is 2.29. The van der Waals surface area contributed by atoms with Crippen LogP contribution in [-0.4, -0.2) is 28.4 Å². The van der Waals surface area contributed by atoms with Gasteiger partial charge >= 0.3 is 0 Å². The maximum absolute atomic E-state index is 9.40. The number of nitrogens with zero attached hydrogens (tertiary/aromatic N) is 1. The van der Waals surface area contributed by atoms with E-state index in [1.54, 1.807) is 40.6 Å². The van der Waals surface area contributed by atoms with Crippen molar-refractivity contribution in [3.05, 3.63) is 65.3 Å². The van der Waals surface area contributed by atoms with Gasteiger partial charge in [0.15, 0.2) is 23.0 Å². The van der Waals surface area contributed by atoms with Gasteiger partial charge in [0.1, 0.15) is 0 Å². The van der Waals surface area contributed by atoms with Crippen molar-refractivity contribution >= 4 is 6.08 Å². The van der Waals surface area contributed by atoms with Gasteiger partial charge in [0, 0.05) is 0 Å². The van der Waals surface area contributed by atoms with Crippen molar-refractivity contribution in [1.29, 1.82) is 5.26 Å². The second kappa shape index (κ2) is 9.93. The van der Waals surface area contributed by atoms with Crippen molar-refractivity contribution in [2.75, 3.05) is 28.4 Å². The van der Waals surface area contributed by atoms with Gasteiger partial charge in [0.25, 0.3) is 0 Å². The number of benzene rings is 2. The number of allylic oxidation sites excluding steroid dienone is 3. The highest BCUT2D eigenvalue weighted by molar-refractivity contribution is 5.63. The molecule has 0 N–H and O–H groups in total. The molecule has 0 bridgehead atoms. The summed E-state index contributed by atoms with van der Waals surface area (Å²) in [7, 11) is 6.39. The van der Waals surface area contributed by atoms with Crippen LogP contribution in [0.2, 0.25) is 0 Å². The van der Waals surface area contributed by atoms with Gasteiger partial charge in [-0.3, -0.25) is 0 Å². The maximum atomic E-state index is 9.40. The lowest BCUT2D eigenvalue weighted by Gasteiger charge is -2.08. The van der Waals surface area contributed by atoms with Crippen LogP contribution in [0.15, 0.2) is 54.1 Å². The summed E-state index contributed by atoms with van der Waals surface area (Å²) >= 11 is 0. The average Bonchev–Trinajstić information content (AvgIpc) is 2.72. The van der Waals surface area contributed by atoms with Gasteiger partial charge in [-0.2, -0.15) is 5.26 Å². The summed E-state index contributed by atoms with van der Waals surface area (Å²) in [6.07, 6.45) is 6.21. The van der Waals surface area contributed by atoms with Crippen LogP contribution in [0.3, 0.4) is 0 Å². The van der Waals surface area contributed by atoms with Gasteiger partial charge in [-0.05, 0) is 54.0 Å². The zero-order chi connectivity index (χ0) is 19.6. The van der Waals surface area contributed by atoms with Gasteiger partial charge in [-0.25, -0.2) is 0 Å². The minimum Gasteiger partial charge on any atom is -0.493 e. The largest absolute Gasteiger partial charge is 0.493 e. The van der Waals surface area contributed by atoms with E-state index < -0.39 is 0 Å². The molecule has 0 aliphatic carbocycles. The molecule has 2 aromatic rings. The summed E-state index contributed by atoms with van der Waals surface area (Å²) in [6, 6.07) is 13.5. The molecule has 0 heterocycles. The van der Waals surface area contributed by atoms with E-state index in [-0.39, 0.29) is 0 Å². The van der Waals surface area contributed by atoms with Crippen molar-refractivity contribution in [2.45, 2.75) is 6.42 Å². The molecule has 27 heavy (non-hydrogen) atoms. The topological polar surface area (TPSA) is 60.7 Å². The molecule has 0 spiro atoms. The smallest absolute Gasteiger partial charge is 0.161 e. The van der Waals surface area contributed by atoms with Gasteiger partial charge in [0.05, 0.1) is 40.1 Å². The first kappa shape index (κ1) is 19.9. The number of nitriles is 1. The minimum atomic E-state index is 0.544. The highest BCUT2D eigenvalue weighted by atomic mass is 16.5. The summed E-state index contributed by atoms with van der Waals surface area (Å²) in [5, 5.41) is 9.40. The lowest BCUT2D eigenvalue weighted by molar-refractivity contribution is 0.354. The van der Waals surface area contributed by atoms with Crippen LogP contribution in [0.1, 0.15) is 11.1 Å². The monoisotopic (exact) mass is 365 g/mol. The summed E-state index contributed by atoms with van der Waals surface area (Å²) in [5.41, 5.74) is 2.47. The third kappa shape index (κ3) is 5.29. The Kier molecular flexibility index (Phi) is 7.33. The predicted molar refractivity (Wildman–Crippen MR) is 106 cm³/mol. The molecule has 0 saturated carbocycles. The number of methoxy groups -OCH3 is 4. The fourth-order valence-corrected chi connectivity index (χ4v) is 2.57. The summed E-state index contributed by atoms with van der Waals surface area (Å²) in [5.74, 6) is 2.65. The Hall–Kier alpha value is -3.39. The Morgan fingerprint density at radius 2 is 1.44 bits per heavy atom. The molecule has 0 fully saturated rings. The lowest BCUT2D eigenvalue weighted by Crippen LogP contribution is -1.92. The Balaban J connectivity index is 2.15. The number of ether oxygens (including phenoxy) is 4. The molecular formula is C22H23NO4. The van der Waals surface area contributed by atoms with Gasteiger partial charge in [-0.1, -0.05) is 18.2 Å². The molecule has 0 saturated heterocycles. The molecule has 0 atom stereocenters. The second-order valence-electron chi connectivity index (χ2n) is 5.62. The van der Waals surface area contributed by atoms with Crippen LogP contribution >= 0.6 is 0 Å². The van der Waals surface area contributed by atoms with Gasteiger partial charge in [-0.15, -0.1) is 0 Å². The molecule has 0 aromatic heterocycles. The SMILES string of the molecule is COc1ccc(/C=C(C#N)/C=C/Cc2ccc(OC)c(OC)c2)cc1OC. The standard InChI is InChI=1S/C22H23NO4/c1-24-19-10-8-16(13-21(19)26-3)6-5-7-18(15-23)12-17-9-11-20(25-2)22(14-17)27-4/h5,7-14H,6H2,1-4H3/b7-5+,18-12-. The summed E-state index contributed by atoms with van der Waals surface area (Å²) < 4.78 is 21.1. The van der Waals surface area contributed by atoms with Crippen LogP contribution in [0.25, 0.3) is 6.08 Å². The molecule has 5 heteroatoms. The van der Waals surface area contributed by atoms with Crippen molar-refractivity contribution < 1.29 is 18.9 Å². The first-order chi connectivity index (χ1) is 13.1. The summed E-state index contributed by atoms with van der Waals surface area (Å²) in [6.45, 7) is 0. The Morgan fingerprint density at radius 3 is 2.04 bits per heavy atom. The Labute approximate surface area is 160 Å². The normalized spacial score (nSPS) is 11.1. The third-order valence-corrected chi connectivity index (χ3v) is 3.96. The van der Waals surface area contributed by atoms with Crippen LogP contribution in [0.4, 0.5) is 0 Å². The van der Waals surface area contributed by atoms with Gasteiger partial charge < -0.3 is 18.9 Å². The van der Waals surface area contributed by atoms with E-state index in [1.807, 2.05) is 42.5 Å². The fraction of sp³-hybridized carbons (Fsp3) is 0.227. The molecule has 5 nitrogen and oxygen atoms in total. The quantitative estimate of drug-likeness (QED) is 0.512. The molecule has 2 aromatic carbocycles. The first-order valence-electron chi connectivity index (χ1n) is 8.36. The van der Waals surface area contributed by atoms with E-state index in [0.29, 0.717) is 35.0 Å². The molecule has 0 radical (unpaired) electrons. The van der Waals surface area contributed by atoms with Gasteiger partial charge in [0.2, 0.25) is 0 Å². The maximum Gasteiger partial charge on any atom is 0.161 e. The highest BCUT2D eigenvalue weighted by Gasteiger charge is 2.05. The molecule has 0 aliphatic rings. The molecule has 0 aliphatic heterocycles. The number of hydrogen-bond donors (Lipinski definition) is 0. The minimum absolute atomic E-state index is 0.544. The number of rotatable bonds is 8. The van der Waals surface area contributed by atoms with Crippen molar-refractivity contribution in [2.24, 2.45) is 0 Å². The molecule has 140 valence electrons. The van der Waals surface area contributed by atoms with Crippen molar-refractivity contribution in [1.82, 2.24) is 0 Å². The van der Waals surface area contributed by atoms with Crippen molar-refractivity contribution in [3.8, 4) is 29.1 Å². The zero-order valence-electron chi connectivity index (χ0n) is 16.0. The second-order valence-corrected chi connectivity index (χ2v) is 5.62. The number of hydrogen-bond acceptors (Lipinski definition) is 5. The van der Waals surface area contributed by atoms with E-state index in [2.05, 4.69) is 6.07 Å². The molecule has 0 unspecified atom stereocenters. The van der Waals surface area contributed by atoms with Crippen molar-refractivity contribution in [3.63, 3.8) is 0 Å². The molecular weight excluding hydrogens is 342 g/mol. The van der Waals surface area contributed by atoms with E-state index in [1.165, 1.54) is 0 Å². The van der Waals surface area contributed by atoms with Crippen LogP contribution < -0.4 is 18.9 Å². The summed E-state index contributed by atoms with van der Waals surface area (Å²) in [4.78, 5) is 0. The molecule has 0 amide bonds. The molecule has 2 rings (SSSR count). The Bertz CT molecular complexity index is 878. The first-order valence-corrected chi connectivity index (χ1v) is 8.36. The van der Waals surface area contributed by atoms with E-state index >= 15 is 0 Å². The lowest BCUT2D eigenvalue weighted by atomic mass is 10.1. The van der Waals surface area contributed by atoms with E-state index in [0.717, 1.165) is 11.1 Å². The van der Waals surface area contributed by atoms with E-state index in [4.69, 9.17) is 18.9 Å². The third-order valence-electron chi connectivity index (χ3n) is 3.96. The predicted octanol–water partition coefficient (Wildman–Crippen LogP) is 4.43. The fourth-order valence-electron chi connectivity index (χ4n) is 2.57. The average molecular weight is 365 g/mol. The van der Waals surface area contributed by atoms with Crippen LogP contribution in [-0.2, 0) is 6.42 Å². The van der Waals surface area contributed by atoms with Crippen LogP contribution in [0, 0.1) is 11.3 Å². The van der Waals surface area contributed by atoms with Crippen LogP contribution in [0.5, 0.6) is 23.0 Å². The van der Waals surface area contributed by atoms with E-state index in [9.17, 15) is 5.26 Å². The Morgan fingerprint density at radius 1 is 0.852 bits per heavy atom. The zero-order valence-corrected chi connectivity index (χ0v) is 16.0.